The Morgan fingerprint density at radius 3 is 2.17 bits per heavy atom. The minimum atomic E-state index is -0.384. The summed E-state index contributed by atoms with van der Waals surface area (Å²) in [6.07, 6.45) is 2.30. The molecule has 0 saturated heterocycles. The molecule has 0 bridgehead atoms. The standard InChI is InChI=1S/C19H25ClN2OS/c1-18(2,3)22-17(23)16(20)14(12-21-22)11-13-7-9-15(10-8-13)24-19(4,5)6/h7-10,12H,11H2,1-6H3. The molecule has 0 aliphatic heterocycles. The summed E-state index contributed by atoms with van der Waals surface area (Å²) < 4.78 is 1.62. The third-order valence-electron chi connectivity index (χ3n) is 3.37. The predicted molar refractivity (Wildman–Crippen MR) is 103 cm³/mol. The van der Waals surface area contributed by atoms with Crippen molar-refractivity contribution in [2.24, 2.45) is 0 Å². The summed E-state index contributed by atoms with van der Waals surface area (Å²) in [4.78, 5) is 13.6. The second-order valence-electron chi connectivity index (χ2n) is 7.91. The normalized spacial score (nSPS) is 12.5. The van der Waals surface area contributed by atoms with Gasteiger partial charge in [-0.05, 0) is 38.5 Å². The Hall–Kier alpha value is -1.26. The molecule has 0 N–H and O–H groups in total. The molecule has 0 unspecified atom stereocenters. The van der Waals surface area contributed by atoms with E-state index in [2.05, 4.69) is 50.1 Å². The maximum atomic E-state index is 12.4. The van der Waals surface area contributed by atoms with Crippen LogP contribution >= 0.6 is 23.4 Å². The smallest absolute Gasteiger partial charge is 0.266 e. The first-order valence-corrected chi connectivity index (χ1v) is 9.22. The summed E-state index contributed by atoms with van der Waals surface area (Å²) in [6.45, 7) is 12.4. The molecule has 0 radical (unpaired) electrons. The van der Waals surface area contributed by atoms with Crippen molar-refractivity contribution in [1.29, 1.82) is 0 Å². The van der Waals surface area contributed by atoms with E-state index in [0.29, 0.717) is 6.42 Å². The molecule has 0 saturated carbocycles. The molecule has 1 aromatic heterocycles. The zero-order valence-corrected chi connectivity index (χ0v) is 16.8. The first kappa shape index (κ1) is 19.1. The highest BCUT2D eigenvalue weighted by atomic mass is 35.5. The highest BCUT2D eigenvalue weighted by molar-refractivity contribution is 8.00. The van der Waals surface area contributed by atoms with E-state index in [4.69, 9.17) is 11.6 Å². The van der Waals surface area contributed by atoms with Crippen LogP contribution in [0.1, 0.15) is 52.7 Å². The van der Waals surface area contributed by atoms with Crippen LogP contribution in [0.5, 0.6) is 0 Å². The van der Waals surface area contributed by atoms with E-state index in [1.54, 1.807) is 6.20 Å². The van der Waals surface area contributed by atoms with Crippen LogP contribution in [0, 0.1) is 0 Å². The van der Waals surface area contributed by atoms with Gasteiger partial charge in [-0.1, -0.05) is 44.5 Å². The largest absolute Gasteiger partial charge is 0.286 e. The Balaban J connectivity index is 2.23. The first-order valence-electron chi connectivity index (χ1n) is 8.02. The number of aromatic nitrogens is 2. The van der Waals surface area contributed by atoms with Crippen LogP contribution in [0.2, 0.25) is 5.02 Å². The van der Waals surface area contributed by atoms with Gasteiger partial charge in [0.2, 0.25) is 0 Å². The highest BCUT2D eigenvalue weighted by Gasteiger charge is 2.19. The third-order valence-corrected chi connectivity index (χ3v) is 4.89. The van der Waals surface area contributed by atoms with Gasteiger partial charge in [-0.2, -0.15) is 5.10 Å². The molecule has 24 heavy (non-hydrogen) atoms. The monoisotopic (exact) mass is 364 g/mol. The lowest BCUT2D eigenvalue weighted by molar-refractivity contribution is 0.337. The van der Waals surface area contributed by atoms with Gasteiger partial charge in [0, 0.05) is 21.6 Å². The maximum Gasteiger partial charge on any atom is 0.286 e. The minimum Gasteiger partial charge on any atom is -0.266 e. The molecule has 0 spiro atoms. The van der Waals surface area contributed by atoms with Gasteiger partial charge in [-0.3, -0.25) is 4.79 Å². The summed E-state index contributed by atoms with van der Waals surface area (Å²) in [6, 6.07) is 8.39. The van der Waals surface area contributed by atoms with Gasteiger partial charge in [0.25, 0.3) is 5.56 Å². The van der Waals surface area contributed by atoms with Crippen molar-refractivity contribution in [3.8, 4) is 0 Å². The van der Waals surface area contributed by atoms with E-state index in [-0.39, 0.29) is 20.9 Å². The van der Waals surface area contributed by atoms with Crippen molar-refractivity contribution in [3.63, 3.8) is 0 Å². The second-order valence-corrected chi connectivity index (χ2v) is 10.2. The highest BCUT2D eigenvalue weighted by Crippen LogP contribution is 2.32. The van der Waals surface area contributed by atoms with Crippen LogP contribution in [-0.2, 0) is 12.0 Å². The number of rotatable bonds is 3. The van der Waals surface area contributed by atoms with Crippen LogP contribution in [0.4, 0.5) is 0 Å². The number of nitrogens with zero attached hydrogens (tertiary/aromatic N) is 2. The molecule has 0 aliphatic rings. The van der Waals surface area contributed by atoms with Gasteiger partial charge >= 0.3 is 0 Å². The van der Waals surface area contributed by atoms with Crippen molar-refractivity contribution in [2.45, 2.75) is 63.1 Å². The molecule has 130 valence electrons. The Labute approximate surface area is 153 Å². The molecule has 0 atom stereocenters. The van der Waals surface area contributed by atoms with E-state index in [1.165, 1.54) is 9.58 Å². The average Bonchev–Trinajstić information content (AvgIpc) is 2.43. The quantitative estimate of drug-likeness (QED) is 0.708. The fraction of sp³-hybridized carbons (Fsp3) is 0.474. The molecule has 0 aliphatic carbocycles. The third kappa shape index (κ3) is 4.87. The van der Waals surface area contributed by atoms with Crippen LogP contribution in [-0.4, -0.2) is 14.5 Å². The van der Waals surface area contributed by atoms with Crippen molar-refractivity contribution in [1.82, 2.24) is 9.78 Å². The van der Waals surface area contributed by atoms with Gasteiger partial charge in [-0.25, -0.2) is 4.68 Å². The van der Waals surface area contributed by atoms with E-state index >= 15 is 0 Å². The fourth-order valence-corrected chi connectivity index (χ4v) is 3.49. The molecule has 1 heterocycles. The summed E-state index contributed by atoms with van der Waals surface area (Å²) >= 11 is 8.13. The maximum absolute atomic E-state index is 12.4. The molecule has 3 nitrogen and oxygen atoms in total. The number of benzene rings is 1. The van der Waals surface area contributed by atoms with E-state index in [1.807, 2.05) is 32.5 Å². The number of halogens is 1. The lowest BCUT2D eigenvalue weighted by Crippen LogP contribution is -2.36. The van der Waals surface area contributed by atoms with Crippen molar-refractivity contribution >= 4 is 23.4 Å². The van der Waals surface area contributed by atoms with Gasteiger partial charge < -0.3 is 0 Å². The lowest BCUT2D eigenvalue weighted by atomic mass is 10.1. The van der Waals surface area contributed by atoms with Crippen LogP contribution in [0.15, 0.2) is 40.2 Å². The van der Waals surface area contributed by atoms with Crippen molar-refractivity contribution < 1.29 is 0 Å². The Bertz CT molecular complexity index is 768. The second kappa shape index (κ2) is 6.93. The molecule has 1 aromatic carbocycles. The Morgan fingerprint density at radius 1 is 1.08 bits per heavy atom. The molecule has 2 aromatic rings. The first-order chi connectivity index (χ1) is 11.0. The van der Waals surface area contributed by atoms with Crippen LogP contribution in [0.25, 0.3) is 0 Å². The molecular weight excluding hydrogens is 340 g/mol. The fourth-order valence-electron chi connectivity index (χ4n) is 2.32. The topological polar surface area (TPSA) is 34.9 Å². The molecular formula is C19H25ClN2OS. The van der Waals surface area contributed by atoms with E-state index in [0.717, 1.165) is 11.1 Å². The van der Waals surface area contributed by atoms with Gasteiger partial charge in [0.15, 0.2) is 0 Å². The Morgan fingerprint density at radius 2 is 1.67 bits per heavy atom. The van der Waals surface area contributed by atoms with Gasteiger partial charge in [-0.15, -0.1) is 11.8 Å². The summed E-state index contributed by atoms with van der Waals surface area (Å²) in [7, 11) is 0. The summed E-state index contributed by atoms with van der Waals surface area (Å²) in [5.41, 5.74) is 1.26. The molecule has 0 fully saturated rings. The Kier molecular flexibility index (Phi) is 5.50. The molecule has 2 rings (SSSR count). The van der Waals surface area contributed by atoms with E-state index < -0.39 is 0 Å². The summed E-state index contributed by atoms with van der Waals surface area (Å²) in [5, 5.41) is 4.55. The molecule has 0 amide bonds. The van der Waals surface area contributed by atoms with Gasteiger partial charge in [0.05, 0.1) is 11.7 Å². The minimum absolute atomic E-state index is 0.187. The van der Waals surface area contributed by atoms with Gasteiger partial charge in [0.1, 0.15) is 5.02 Å². The van der Waals surface area contributed by atoms with Crippen LogP contribution < -0.4 is 5.56 Å². The molecule has 5 heteroatoms. The van der Waals surface area contributed by atoms with Crippen LogP contribution in [0.3, 0.4) is 0 Å². The predicted octanol–water partition coefficient (Wildman–Crippen LogP) is 5.13. The average molecular weight is 365 g/mol. The van der Waals surface area contributed by atoms with Crippen molar-refractivity contribution in [3.05, 3.63) is 57.0 Å². The summed E-state index contributed by atoms with van der Waals surface area (Å²) in [5.74, 6) is 0. The zero-order chi connectivity index (χ0) is 18.1. The number of hydrogen-bond acceptors (Lipinski definition) is 3. The number of thioether (sulfide) groups is 1. The number of hydrogen-bond donors (Lipinski definition) is 0. The zero-order valence-electron chi connectivity index (χ0n) is 15.2. The van der Waals surface area contributed by atoms with E-state index in [9.17, 15) is 4.79 Å². The SMILES string of the molecule is CC(C)(C)Sc1ccc(Cc2cnn(C(C)(C)C)c(=O)c2Cl)cc1. The lowest BCUT2D eigenvalue weighted by Gasteiger charge is -2.21. The van der Waals surface area contributed by atoms with Crippen molar-refractivity contribution in [2.75, 3.05) is 0 Å².